The maximum Gasteiger partial charge on any atom is 0.421 e. The lowest BCUT2D eigenvalue weighted by Gasteiger charge is -2.17. The highest BCUT2D eigenvalue weighted by Gasteiger charge is 2.35. The molecule has 0 aliphatic rings. The maximum absolute atomic E-state index is 13.5. The van der Waals surface area contributed by atoms with E-state index in [1.54, 1.807) is 48.5 Å². The lowest BCUT2D eigenvalue weighted by atomic mass is 10.2. The predicted octanol–water partition coefficient (Wildman–Crippen LogP) is 6.53. The van der Waals surface area contributed by atoms with E-state index >= 15 is 0 Å². The summed E-state index contributed by atoms with van der Waals surface area (Å²) in [5.41, 5.74) is 0.0643. The molecule has 0 radical (unpaired) electrons. The molecule has 0 aliphatic carbocycles. The second-order valence-electron chi connectivity index (χ2n) is 6.06. The zero-order valence-electron chi connectivity index (χ0n) is 15.4. The van der Waals surface area contributed by atoms with Crippen LogP contribution in [0.5, 0.6) is 5.75 Å². The molecule has 1 aromatic heterocycles. The van der Waals surface area contributed by atoms with E-state index in [1.165, 1.54) is 0 Å². The summed E-state index contributed by atoms with van der Waals surface area (Å²) < 4.78 is 46.9. The highest BCUT2D eigenvalue weighted by atomic mass is 79.9. The van der Waals surface area contributed by atoms with E-state index in [4.69, 9.17) is 4.74 Å². The minimum Gasteiger partial charge on any atom is -0.491 e. The summed E-state index contributed by atoms with van der Waals surface area (Å²) in [5, 5.41) is 5.65. The molecule has 3 aromatic rings. The molecule has 152 valence electrons. The predicted molar refractivity (Wildman–Crippen MR) is 110 cm³/mol. The van der Waals surface area contributed by atoms with E-state index in [9.17, 15) is 13.2 Å². The van der Waals surface area contributed by atoms with Gasteiger partial charge in [-0.25, -0.2) is 4.98 Å². The van der Waals surface area contributed by atoms with E-state index < -0.39 is 11.7 Å². The van der Waals surface area contributed by atoms with Gasteiger partial charge in [0.1, 0.15) is 17.1 Å². The van der Waals surface area contributed by atoms with Crippen molar-refractivity contribution in [3.05, 3.63) is 64.8 Å². The Bertz CT molecular complexity index is 965. The van der Waals surface area contributed by atoms with E-state index in [-0.39, 0.29) is 11.8 Å². The van der Waals surface area contributed by atoms with E-state index in [0.717, 1.165) is 17.1 Å². The van der Waals surface area contributed by atoms with Crippen molar-refractivity contribution in [3.63, 3.8) is 0 Å². The second kappa shape index (κ2) is 9.13. The van der Waals surface area contributed by atoms with Gasteiger partial charge in [-0.3, -0.25) is 0 Å². The lowest BCUT2D eigenvalue weighted by Crippen LogP contribution is -2.13. The van der Waals surface area contributed by atoms with E-state index in [2.05, 4.69) is 36.5 Å². The molecular formula is C20H18BrF3N4O. The third kappa shape index (κ3) is 5.60. The average molecular weight is 467 g/mol. The molecule has 0 atom stereocenters. The van der Waals surface area contributed by atoms with Crippen LogP contribution in [0.4, 0.5) is 36.3 Å². The average Bonchev–Trinajstić information content (AvgIpc) is 2.68. The fourth-order valence-corrected chi connectivity index (χ4v) is 2.71. The third-order valence-electron chi connectivity index (χ3n) is 3.80. The summed E-state index contributed by atoms with van der Waals surface area (Å²) in [7, 11) is 0. The molecule has 3 rings (SSSR count). The van der Waals surface area contributed by atoms with Crippen molar-refractivity contribution in [1.29, 1.82) is 0 Å². The molecule has 2 N–H and O–H groups in total. The number of benzene rings is 2. The zero-order valence-corrected chi connectivity index (χ0v) is 17.0. The molecule has 1 heterocycles. The van der Waals surface area contributed by atoms with Gasteiger partial charge in [0.15, 0.2) is 0 Å². The number of halogens is 4. The molecule has 0 spiro atoms. The Balaban J connectivity index is 1.94. The van der Waals surface area contributed by atoms with Crippen LogP contribution in [0.25, 0.3) is 0 Å². The first-order valence-corrected chi connectivity index (χ1v) is 9.62. The van der Waals surface area contributed by atoms with Gasteiger partial charge in [-0.05, 0) is 42.8 Å². The molecule has 0 amide bonds. The molecule has 9 heteroatoms. The van der Waals surface area contributed by atoms with Crippen molar-refractivity contribution >= 4 is 39.1 Å². The number of hydrogen-bond acceptors (Lipinski definition) is 5. The SMILES string of the molecule is CCCOc1ccccc1Nc1nc(Nc2ccc(Br)cc2)ncc1C(F)(F)F. The summed E-state index contributed by atoms with van der Waals surface area (Å²) in [6.45, 7) is 2.40. The zero-order chi connectivity index (χ0) is 20.9. The van der Waals surface area contributed by atoms with Gasteiger partial charge in [-0.2, -0.15) is 18.2 Å². The van der Waals surface area contributed by atoms with Gasteiger partial charge in [0.05, 0.1) is 12.3 Å². The quantitative estimate of drug-likeness (QED) is 0.414. The fourth-order valence-electron chi connectivity index (χ4n) is 2.44. The van der Waals surface area contributed by atoms with Crippen LogP contribution >= 0.6 is 15.9 Å². The van der Waals surface area contributed by atoms with Crippen LogP contribution in [0.2, 0.25) is 0 Å². The Morgan fingerprint density at radius 2 is 1.76 bits per heavy atom. The summed E-state index contributed by atoms with van der Waals surface area (Å²) >= 11 is 3.33. The number of para-hydroxylation sites is 2. The number of aromatic nitrogens is 2. The molecule has 0 bridgehead atoms. The van der Waals surface area contributed by atoms with Gasteiger partial charge in [0, 0.05) is 16.4 Å². The number of rotatable bonds is 7. The molecule has 0 aliphatic heterocycles. The molecule has 5 nitrogen and oxygen atoms in total. The Morgan fingerprint density at radius 3 is 2.45 bits per heavy atom. The summed E-state index contributed by atoms with van der Waals surface area (Å²) in [6, 6.07) is 13.9. The number of anilines is 4. The topological polar surface area (TPSA) is 59.1 Å². The second-order valence-corrected chi connectivity index (χ2v) is 6.97. The minimum atomic E-state index is -4.61. The minimum absolute atomic E-state index is 0.0368. The van der Waals surface area contributed by atoms with Gasteiger partial charge in [-0.1, -0.05) is 35.0 Å². The largest absolute Gasteiger partial charge is 0.491 e. The molecular weight excluding hydrogens is 449 g/mol. The van der Waals surface area contributed by atoms with Crippen molar-refractivity contribution in [3.8, 4) is 5.75 Å². The molecule has 2 aromatic carbocycles. The van der Waals surface area contributed by atoms with Crippen LogP contribution in [-0.2, 0) is 6.18 Å². The highest BCUT2D eigenvalue weighted by molar-refractivity contribution is 9.10. The van der Waals surface area contributed by atoms with E-state index in [1.807, 2.05) is 6.92 Å². The molecule has 0 saturated heterocycles. The monoisotopic (exact) mass is 466 g/mol. The van der Waals surface area contributed by atoms with E-state index in [0.29, 0.717) is 23.7 Å². The van der Waals surface area contributed by atoms with Gasteiger partial charge in [-0.15, -0.1) is 0 Å². The smallest absolute Gasteiger partial charge is 0.421 e. The standard InChI is InChI=1S/C20H18BrF3N4O/c1-2-11-29-17-6-4-3-5-16(17)27-18-15(20(22,23)24)12-25-19(28-18)26-14-9-7-13(21)8-10-14/h3-10,12H,2,11H2,1H3,(H2,25,26,27,28). The van der Waals surface area contributed by atoms with Gasteiger partial charge >= 0.3 is 6.18 Å². The molecule has 0 unspecified atom stereocenters. The molecule has 0 saturated carbocycles. The van der Waals surface area contributed by atoms with Gasteiger partial charge < -0.3 is 15.4 Å². The number of alkyl halides is 3. The maximum atomic E-state index is 13.5. The third-order valence-corrected chi connectivity index (χ3v) is 4.33. The lowest BCUT2D eigenvalue weighted by molar-refractivity contribution is -0.137. The van der Waals surface area contributed by atoms with Gasteiger partial charge in [0.25, 0.3) is 0 Å². The van der Waals surface area contributed by atoms with Crippen LogP contribution in [0.15, 0.2) is 59.2 Å². The van der Waals surface area contributed by atoms with Crippen molar-refractivity contribution < 1.29 is 17.9 Å². The summed E-state index contributed by atoms with van der Waals surface area (Å²) in [4.78, 5) is 7.86. The number of hydrogen-bond donors (Lipinski definition) is 2. The first-order chi connectivity index (χ1) is 13.9. The van der Waals surface area contributed by atoms with Crippen molar-refractivity contribution in [2.24, 2.45) is 0 Å². The van der Waals surface area contributed by atoms with Crippen molar-refractivity contribution in [2.45, 2.75) is 19.5 Å². The van der Waals surface area contributed by atoms with Crippen LogP contribution in [-0.4, -0.2) is 16.6 Å². The normalized spacial score (nSPS) is 11.2. The fraction of sp³-hybridized carbons (Fsp3) is 0.200. The summed E-state index contributed by atoms with van der Waals surface area (Å²) in [5.74, 6) is 0.123. The Morgan fingerprint density at radius 1 is 1.03 bits per heavy atom. The first-order valence-electron chi connectivity index (χ1n) is 8.82. The first kappa shape index (κ1) is 20.9. The van der Waals surface area contributed by atoms with Crippen molar-refractivity contribution in [2.75, 3.05) is 17.2 Å². The number of nitrogens with one attached hydrogen (secondary N) is 2. The molecule has 0 fully saturated rings. The van der Waals surface area contributed by atoms with Crippen LogP contribution < -0.4 is 15.4 Å². The number of ether oxygens (including phenoxy) is 1. The van der Waals surface area contributed by atoms with Crippen LogP contribution in [0.1, 0.15) is 18.9 Å². The Hall–Kier alpha value is -2.81. The van der Waals surface area contributed by atoms with Crippen LogP contribution in [0, 0.1) is 0 Å². The number of nitrogens with zero attached hydrogens (tertiary/aromatic N) is 2. The van der Waals surface area contributed by atoms with Gasteiger partial charge in [0.2, 0.25) is 5.95 Å². The van der Waals surface area contributed by atoms with Crippen LogP contribution in [0.3, 0.4) is 0 Å². The summed E-state index contributed by atoms with van der Waals surface area (Å²) in [6.07, 6.45) is -3.08. The van der Waals surface area contributed by atoms with Crippen molar-refractivity contribution in [1.82, 2.24) is 9.97 Å². The Kier molecular flexibility index (Phi) is 6.58. The highest BCUT2D eigenvalue weighted by Crippen LogP contribution is 2.37. The molecule has 29 heavy (non-hydrogen) atoms. The Labute approximate surface area is 174 Å².